The normalized spacial score (nSPS) is 16.9. The molecule has 1 saturated heterocycles. The molecule has 0 atom stereocenters. The van der Waals surface area contributed by atoms with Crippen molar-refractivity contribution >= 4 is 39.1 Å². The third-order valence-electron chi connectivity index (χ3n) is 3.55. The molecule has 1 aromatic carbocycles. The Hall–Kier alpha value is -1.60. The second kappa shape index (κ2) is 6.26. The summed E-state index contributed by atoms with van der Waals surface area (Å²) in [5.74, 6) is -0.917. The van der Waals surface area contributed by atoms with Crippen molar-refractivity contribution in [2.45, 2.75) is 20.3 Å². The van der Waals surface area contributed by atoms with E-state index in [1.165, 1.54) is 18.2 Å². The Morgan fingerprint density at radius 3 is 2.41 bits per heavy atom. The summed E-state index contributed by atoms with van der Waals surface area (Å²) in [6.45, 7) is 4.82. The van der Waals surface area contributed by atoms with E-state index in [1.807, 2.05) is 13.8 Å². The van der Waals surface area contributed by atoms with Gasteiger partial charge < -0.3 is 4.90 Å². The lowest BCUT2D eigenvalue weighted by atomic mass is 10.1. The van der Waals surface area contributed by atoms with E-state index in [4.69, 9.17) is 11.6 Å². The first-order valence-corrected chi connectivity index (χ1v) is 8.95. The molecule has 0 aromatic heterocycles. The molecule has 1 heterocycles. The molecule has 1 aliphatic heterocycles. The summed E-state index contributed by atoms with van der Waals surface area (Å²) in [5, 5.41) is 0.129. The SMILES string of the molecule is CCN(CC)C(=O)c1ccc(N2C(=O)CCS2(=O)=O)cc1Cl. The fourth-order valence-electron chi connectivity index (χ4n) is 2.35. The van der Waals surface area contributed by atoms with E-state index in [0.717, 1.165) is 4.31 Å². The fourth-order valence-corrected chi connectivity index (χ4v) is 4.06. The highest BCUT2D eigenvalue weighted by atomic mass is 35.5. The third-order valence-corrected chi connectivity index (χ3v) is 5.55. The van der Waals surface area contributed by atoms with E-state index in [-0.39, 0.29) is 34.4 Å². The number of sulfonamides is 1. The third kappa shape index (κ3) is 2.96. The lowest BCUT2D eigenvalue weighted by Gasteiger charge is -2.20. The molecule has 0 radical (unpaired) electrons. The predicted molar refractivity (Wildman–Crippen MR) is 84.6 cm³/mol. The van der Waals surface area contributed by atoms with Gasteiger partial charge in [-0.1, -0.05) is 11.6 Å². The van der Waals surface area contributed by atoms with Gasteiger partial charge in [-0.3, -0.25) is 9.59 Å². The van der Waals surface area contributed by atoms with E-state index in [9.17, 15) is 18.0 Å². The van der Waals surface area contributed by atoms with Gasteiger partial charge in [0.15, 0.2) is 0 Å². The van der Waals surface area contributed by atoms with Crippen LogP contribution in [-0.2, 0) is 14.8 Å². The van der Waals surface area contributed by atoms with Gasteiger partial charge in [-0.25, -0.2) is 12.7 Å². The molecule has 0 spiro atoms. The highest BCUT2D eigenvalue weighted by molar-refractivity contribution is 7.94. The largest absolute Gasteiger partial charge is 0.339 e. The Balaban J connectivity index is 2.39. The standard InChI is InChI=1S/C14H17ClN2O4S/c1-3-16(4-2)14(19)11-6-5-10(9-12(11)15)17-13(18)7-8-22(17,20)21/h5-6,9H,3-4,7-8H2,1-2H3. The number of hydrogen-bond donors (Lipinski definition) is 0. The summed E-state index contributed by atoms with van der Waals surface area (Å²) in [6, 6.07) is 4.24. The first-order valence-electron chi connectivity index (χ1n) is 6.96. The number of carbonyl (C=O) groups excluding carboxylic acids is 2. The lowest BCUT2D eigenvalue weighted by molar-refractivity contribution is -0.116. The van der Waals surface area contributed by atoms with Crippen LogP contribution in [0.5, 0.6) is 0 Å². The van der Waals surface area contributed by atoms with Crippen molar-refractivity contribution in [1.82, 2.24) is 4.90 Å². The average molecular weight is 345 g/mol. The van der Waals surface area contributed by atoms with Crippen molar-refractivity contribution in [3.8, 4) is 0 Å². The topological polar surface area (TPSA) is 74.8 Å². The van der Waals surface area contributed by atoms with E-state index >= 15 is 0 Å². The highest BCUT2D eigenvalue weighted by Gasteiger charge is 2.36. The van der Waals surface area contributed by atoms with E-state index in [1.54, 1.807) is 4.90 Å². The van der Waals surface area contributed by atoms with Crippen molar-refractivity contribution in [2.75, 3.05) is 23.1 Å². The molecule has 8 heteroatoms. The maximum atomic E-state index is 12.3. The van der Waals surface area contributed by atoms with Crippen LogP contribution in [0, 0.1) is 0 Å². The van der Waals surface area contributed by atoms with E-state index in [0.29, 0.717) is 13.1 Å². The molecule has 6 nitrogen and oxygen atoms in total. The summed E-state index contributed by atoms with van der Waals surface area (Å²) in [5.41, 5.74) is 0.460. The summed E-state index contributed by atoms with van der Waals surface area (Å²) >= 11 is 6.12. The van der Waals surface area contributed by atoms with E-state index < -0.39 is 15.9 Å². The van der Waals surface area contributed by atoms with Crippen molar-refractivity contribution in [2.24, 2.45) is 0 Å². The molecule has 0 bridgehead atoms. The van der Waals surface area contributed by atoms with Crippen LogP contribution < -0.4 is 4.31 Å². The minimum Gasteiger partial charge on any atom is -0.339 e. The van der Waals surface area contributed by atoms with Crippen LogP contribution in [0.2, 0.25) is 5.02 Å². The molecule has 2 rings (SSSR count). The van der Waals surface area contributed by atoms with Gasteiger partial charge in [0, 0.05) is 19.5 Å². The molecule has 22 heavy (non-hydrogen) atoms. The van der Waals surface area contributed by atoms with Crippen molar-refractivity contribution in [3.63, 3.8) is 0 Å². The Labute approximate surface area is 134 Å². The summed E-state index contributed by atoms with van der Waals surface area (Å²) in [7, 11) is -3.64. The first-order chi connectivity index (χ1) is 10.3. The highest BCUT2D eigenvalue weighted by Crippen LogP contribution is 2.29. The number of carbonyl (C=O) groups is 2. The molecule has 0 saturated carbocycles. The minimum absolute atomic E-state index is 0.0416. The van der Waals surface area contributed by atoms with Gasteiger partial charge in [-0.2, -0.15) is 0 Å². The van der Waals surface area contributed by atoms with Crippen LogP contribution in [0.15, 0.2) is 18.2 Å². The molecule has 0 unspecified atom stereocenters. The monoisotopic (exact) mass is 344 g/mol. The van der Waals surface area contributed by atoms with Gasteiger partial charge in [0.05, 0.1) is 22.0 Å². The zero-order valence-corrected chi connectivity index (χ0v) is 13.9. The predicted octanol–water partition coefficient (Wildman–Crippen LogP) is 1.89. The van der Waals surface area contributed by atoms with Crippen molar-refractivity contribution in [3.05, 3.63) is 28.8 Å². The first kappa shape index (κ1) is 16.8. The number of nitrogens with zero attached hydrogens (tertiary/aromatic N) is 2. The summed E-state index contributed by atoms with van der Waals surface area (Å²) in [4.78, 5) is 25.7. The number of amides is 2. The van der Waals surface area contributed by atoms with Crippen molar-refractivity contribution in [1.29, 1.82) is 0 Å². The molecular weight excluding hydrogens is 328 g/mol. The minimum atomic E-state index is -3.64. The zero-order valence-electron chi connectivity index (χ0n) is 12.4. The summed E-state index contributed by atoms with van der Waals surface area (Å²) < 4.78 is 24.5. The quantitative estimate of drug-likeness (QED) is 0.836. The molecule has 0 N–H and O–H groups in total. The van der Waals surface area contributed by atoms with Gasteiger partial charge in [0.25, 0.3) is 5.91 Å². The van der Waals surface area contributed by atoms with Gasteiger partial charge in [0.1, 0.15) is 0 Å². The lowest BCUT2D eigenvalue weighted by Crippen LogP contribution is -2.31. The van der Waals surface area contributed by atoms with Crippen LogP contribution in [0.3, 0.4) is 0 Å². The van der Waals surface area contributed by atoms with Crippen LogP contribution in [0.1, 0.15) is 30.6 Å². The van der Waals surface area contributed by atoms with Gasteiger partial charge >= 0.3 is 0 Å². The Bertz CT molecular complexity index is 714. The van der Waals surface area contributed by atoms with Crippen LogP contribution >= 0.6 is 11.6 Å². The smallest absolute Gasteiger partial charge is 0.255 e. The Kier molecular flexibility index (Phi) is 4.77. The Morgan fingerprint density at radius 1 is 1.32 bits per heavy atom. The maximum Gasteiger partial charge on any atom is 0.255 e. The number of benzene rings is 1. The molecule has 2 amide bonds. The molecule has 1 aliphatic rings. The molecule has 0 aliphatic carbocycles. The maximum absolute atomic E-state index is 12.3. The second-order valence-corrected chi connectivity index (χ2v) is 7.21. The molecular formula is C14H17ClN2O4S. The van der Waals surface area contributed by atoms with Crippen LogP contribution in [-0.4, -0.2) is 44.0 Å². The zero-order chi connectivity index (χ0) is 16.5. The van der Waals surface area contributed by atoms with Crippen LogP contribution in [0.4, 0.5) is 5.69 Å². The van der Waals surface area contributed by atoms with Gasteiger partial charge in [0.2, 0.25) is 15.9 Å². The molecule has 1 aromatic rings. The van der Waals surface area contributed by atoms with E-state index in [2.05, 4.69) is 0 Å². The second-order valence-electron chi connectivity index (χ2n) is 4.87. The van der Waals surface area contributed by atoms with Gasteiger partial charge in [-0.15, -0.1) is 0 Å². The van der Waals surface area contributed by atoms with Crippen LogP contribution in [0.25, 0.3) is 0 Å². The number of halogens is 1. The molecule has 1 fully saturated rings. The number of rotatable bonds is 4. The Morgan fingerprint density at radius 2 is 1.95 bits per heavy atom. The molecule has 120 valence electrons. The average Bonchev–Trinajstić information content (AvgIpc) is 2.73. The van der Waals surface area contributed by atoms with Gasteiger partial charge in [-0.05, 0) is 32.0 Å². The fraction of sp³-hybridized carbons (Fsp3) is 0.429. The summed E-state index contributed by atoms with van der Waals surface area (Å²) in [6.07, 6.45) is -0.0416. The van der Waals surface area contributed by atoms with Crippen molar-refractivity contribution < 1.29 is 18.0 Å². The number of anilines is 1. The number of hydrogen-bond acceptors (Lipinski definition) is 4.